The van der Waals surface area contributed by atoms with E-state index in [2.05, 4.69) is 12.0 Å². The van der Waals surface area contributed by atoms with E-state index in [0.29, 0.717) is 0 Å². The van der Waals surface area contributed by atoms with Gasteiger partial charge in [0, 0.05) is 15.7 Å². The Bertz CT molecular complexity index is 451. The summed E-state index contributed by atoms with van der Waals surface area (Å²) in [6, 6.07) is 7.86. The van der Waals surface area contributed by atoms with Crippen molar-refractivity contribution in [2.75, 3.05) is 0 Å². The molecule has 3 nitrogen and oxygen atoms in total. The fourth-order valence-electron chi connectivity index (χ4n) is 1.43. The van der Waals surface area contributed by atoms with Crippen molar-refractivity contribution in [2.45, 2.75) is 20.0 Å². The molecule has 0 aliphatic carbocycles. The van der Waals surface area contributed by atoms with Crippen LogP contribution in [-0.2, 0) is 13.1 Å². The quantitative estimate of drug-likeness (QED) is 0.727. The fourth-order valence-corrected chi connectivity index (χ4v) is 1.63. The zero-order chi connectivity index (χ0) is 10.7. The molecular formula is C11H13ClN3+. The Labute approximate surface area is 93.9 Å². The lowest BCUT2D eigenvalue weighted by Gasteiger charge is -2.00. The van der Waals surface area contributed by atoms with E-state index >= 15 is 0 Å². The number of rotatable bonds is 3. The average Bonchev–Trinajstić information content (AvgIpc) is 2.69. The number of nitrogens with zero attached hydrogens (tertiary/aromatic N) is 3. The van der Waals surface area contributed by atoms with Crippen molar-refractivity contribution < 1.29 is 4.57 Å². The first-order valence-corrected chi connectivity index (χ1v) is 5.32. The van der Waals surface area contributed by atoms with Crippen LogP contribution in [0.15, 0.2) is 36.9 Å². The number of hydrogen-bond donors (Lipinski definition) is 0. The standard InChI is InChI=1S/C11H13ClN3/c1-2-15-9-14(8-13-15)7-10-5-3-4-6-11(10)12/h3-6,8-9H,2,7H2,1H3/q+1. The second-order valence-electron chi connectivity index (χ2n) is 3.37. The molecular weight excluding hydrogens is 210 g/mol. The van der Waals surface area contributed by atoms with Crippen molar-refractivity contribution >= 4 is 11.6 Å². The minimum absolute atomic E-state index is 0.764. The van der Waals surface area contributed by atoms with Crippen molar-refractivity contribution in [3.8, 4) is 0 Å². The highest BCUT2D eigenvalue weighted by atomic mass is 35.5. The van der Waals surface area contributed by atoms with E-state index in [1.807, 2.05) is 46.2 Å². The van der Waals surface area contributed by atoms with Crippen LogP contribution in [0.1, 0.15) is 12.5 Å². The number of halogens is 1. The highest BCUT2D eigenvalue weighted by Crippen LogP contribution is 2.13. The Hall–Kier alpha value is -1.35. The van der Waals surface area contributed by atoms with Crippen LogP contribution in [0.2, 0.25) is 5.02 Å². The molecule has 0 aliphatic heterocycles. The summed E-state index contributed by atoms with van der Waals surface area (Å²) in [5.74, 6) is 0. The summed E-state index contributed by atoms with van der Waals surface area (Å²) in [5, 5.41) is 5.00. The molecule has 2 aromatic rings. The maximum atomic E-state index is 6.07. The molecule has 1 aromatic heterocycles. The van der Waals surface area contributed by atoms with Crippen LogP contribution < -0.4 is 4.57 Å². The minimum Gasteiger partial charge on any atom is -0.233 e. The first kappa shape index (κ1) is 10.2. The first-order chi connectivity index (χ1) is 7.29. The lowest BCUT2D eigenvalue weighted by atomic mass is 10.2. The van der Waals surface area contributed by atoms with Gasteiger partial charge in [0.15, 0.2) is 0 Å². The third-order valence-electron chi connectivity index (χ3n) is 2.26. The monoisotopic (exact) mass is 222 g/mol. The maximum Gasteiger partial charge on any atom is 0.265 e. The summed E-state index contributed by atoms with van der Waals surface area (Å²) in [6.45, 7) is 3.71. The van der Waals surface area contributed by atoms with Gasteiger partial charge in [0.2, 0.25) is 6.33 Å². The second-order valence-corrected chi connectivity index (χ2v) is 3.77. The molecule has 4 heteroatoms. The topological polar surface area (TPSA) is 21.7 Å². The van der Waals surface area contributed by atoms with Gasteiger partial charge in [-0.1, -0.05) is 29.8 Å². The summed E-state index contributed by atoms with van der Waals surface area (Å²) in [6.07, 6.45) is 3.79. The van der Waals surface area contributed by atoms with E-state index < -0.39 is 0 Å². The maximum absolute atomic E-state index is 6.07. The predicted molar refractivity (Wildman–Crippen MR) is 58.7 cm³/mol. The summed E-state index contributed by atoms with van der Waals surface area (Å²) in [5.41, 5.74) is 1.11. The molecule has 1 aromatic carbocycles. The van der Waals surface area contributed by atoms with E-state index in [1.54, 1.807) is 0 Å². The molecule has 0 saturated carbocycles. The highest BCUT2D eigenvalue weighted by Gasteiger charge is 2.06. The first-order valence-electron chi connectivity index (χ1n) is 4.94. The van der Waals surface area contributed by atoms with Crippen molar-refractivity contribution in [3.05, 3.63) is 47.5 Å². The molecule has 2 rings (SSSR count). The number of aromatic nitrogens is 3. The summed E-state index contributed by atoms with van der Waals surface area (Å²) < 4.78 is 3.90. The molecule has 1 heterocycles. The van der Waals surface area contributed by atoms with Gasteiger partial charge in [-0.2, -0.15) is 0 Å². The van der Waals surface area contributed by atoms with Crippen molar-refractivity contribution in [1.82, 2.24) is 9.78 Å². The molecule has 0 spiro atoms. The predicted octanol–water partition coefficient (Wildman–Crippen LogP) is 1.89. The van der Waals surface area contributed by atoms with Crippen LogP contribution in [0.5, 0.6) is 0 Å². The third-order valence-corrected chi connectivity index (χ3v) is 2.63. The van der Waals surface area contributed by atoms with Crippen LogP contribution >= 0.6 is 11.6 Å². The number of aryl methyl sites for hydroxylation is 1. The van der Waals surface area contributed by atoms with Gasteiger partial charge < -0.3 is 0 Å². The van der Waals surface area contributed by atoms with Crippen molar-refractivity contribution in [2.24, 2.45) is 0 Å². The Kier molecular flexibility index (Phi) is 3.02. The molecule has 78 valence electrons. The van der Waals surface area contributed by atoms with Gasteiger partial charge in [-0.3, -0.25) is 0 Å². The zero-order valence-corrected chi connectivity index (χ0v) is 9.35. The lowest BCUT2D eigenvalue weighted by Crippen LogP contribution is -2.31. The smallest absolute Gasteiger partial charge is 0.233 e. The Morgan fingerprint density at radius 2 is 2.20 bits per heavy atom. The number of hydrogen-bond acceptors (Lipinski definition) is 1. The van der Waals surface area contributed by atoms with Crippen LogP contribution in [-0.4, -0.2) is 9.78 Å². The molecule has 0 radical (unpaired) electrons. The van der Waals surface area contributed by atoms with Gasteiger partial charge in [0.25, 0.3) is 6.33 Å². The van der Waals surface area contributed by atoms with Crippen LogP contribution in [0.25, 0.3) is 0 Å². The van der Waals surface area contributed by atoms with Gasteiger partial charge in [-0.05, 0) is 13.0 Å². The fraction of sp³-hybridized carbons (Fsp3) is 0.273. The highest BCUT2D eigenvalue weighted by molar-refractivity contribution is 6.31. The zero-order valence-electron chi connectivity index (χ0n) is 8.60. The van der Waals surface area contributed by atoms with E-state index in [0.717, 1.165) is 23.7 Å². The van der Waals surface area contributed by atoms with Gasteiger partial charge in [-0.25, -0.2) is 4.57 Å². The van der Waals surface area contributed by atoms with Gasteiger partial charge >= 0.3 is 0 Å². The molecule has 0 bridgehead atoms. The molecule has 15 heavy (non-hydrogen) atoms. The van der Waals surface area contributed by atoms with E-state index in [-0.39, 0.29) is 0 Å². The molecule has 0 saturated heterocycles. The van der Waals surface area contributed by atoms with E-state index in [4.69, 9.17) is 11.6 Å². The van der Waals surface area contributed by atoms with Crippen LogP contribution in [0, 0.1) is 0 Å². The van der Waals surface area contributed by atoms with Crippen LogP contribution in [0.3, 0.4) is 0 Å². The largest absolute Gasteiger partial charge is 0.265 e. The van der Waals surface area contributed by atoms with Crippen molar-refractivity contribution in [1.29, 1.82) is 0 Å². The molecule has 0 aliphatic rings. The molecule has 0 N–H and O–H groups in total. The second kappa shape index (κ2) is 4.45. The Morgan fingerprint density at radius 1 is 1.40 bits per heavy atom. The van der Waals surface area contributed by atoms with E-state index in [9.17, 15) is 0 Å². The lowest BCUT2D eigenvalue weighted by molar-refractivity contribution is -0.689. The normalized spacial score (nSPS) is 10.5. The average molecular weight is 223 g/mol. The minimum atomic E-state index is 0.764. The molecule has 0 amide bonds. The summed E-state index contributed by atoms with van der Waals surface area (Å²) in [7, 11) is 0. The van der Waals surface area contributed by atoms with Gasteiger partial charge in [-0.15, -0.1) is 4.68 Å². The van der Waals surface area contributed by atoms with Gasteiger partial charge in [0.05, 0.1) is 6.54 Å². The van der Waals surface area contributed by atoms with E-state index in [1.165, 1.54) is 0 Å². The Balaban J connectivity index is 2.18. The van der Waals surface area contributed by atoms with Crippen LogP contribution in [0.4, 0.5) is 0 Å². The summed E-state index contributed by atoms with van der Waals surface area (Å²) in [4.78, 5) is 0. The molecule has 0 fully saturated rings. The summed E-state index contributed by atoms with van der Waals surface area (Å²) >= 11 is 6.07. The molecule has 0 unspecified atom stereocenters. The SMILES string of the molecule is CCn1c[n+](Cc2ccccc2Cl)cn1. The van der Waals surface area contributed by atoms with Crippen molar-refractivity contribution in [3.63, 3.8) is 0 Å². The van der Waals surface area contributed by atoms with Gasteiger partial charge in [0.1, 0.15) is 6.54 Å². The number of benzene rings is 1. The molecule has 0 atom stereocenters. The third kappa shape index (κ3) is 2.36. The Morgan fingerprint density at radius 3 is 2.87 bits per heavy atom.